The summed E-state index contributed by atoms with van der Waals surface area (Å²) < 4.78 is 2.05. The van der Waals surface area contributed by atoms with E-state index in [-0.39, 0.29) is 11.8 Å². The molecule has 2 aromatic rings. The van der Waals surface area contributed by atoms with E-state index in [4.69, 9.17) is 0 Å². The molecule has 2 fully saturated rings. The van der Waals surface area contributed by atoms with Gasteiger partial charge in [-0.2, -0.15) is 0 Å². The van der Waals surface area contributed by atoms with Gasteiger partial charge < -0.3 is 10.2 Å². The van der Waals surface area contributed by atoms with E-state index in [1.165, 1.54) is 22.9 Å². The Bertz CT molecular complexity index is 916. The summed E-state index contributed by atoms with van der Waals surface area (Å²) in [5.74, 6) is 0.591. The van der Waals surface area contributed by atoms with Crippen molar-refractivity contribution in [3.63, 3.8) is 0 Å². The summed E-state index contributed by atoms with van der Waals surface area (Å²) in [4.78, 5) is 33.2. The van der Waals surface area contributed by atoms with Crippen molar-refractivity contribution in [2.24, 2.45) is 0 Å². The summed E-state index contributed by atoms with van der Waals surface area (Å²) >= 11 is 1.47. The summed E-state index contributed by atoms with van der Waals surface area (Å²) in [6, 6.07) is 6.74. The number of aryl methyl sites for hydroxylation is 2. The van der Waals surface area contributed by atoms with Crippen molar-refractivity contribution in [2.45, 2.75) is 37.9 Å². The van der Waals surface area contributed by atoms with E-state index in [0.717, 1.165) is 36.8 Å². The molecule has 0 unspecified atom stereocenters. The molecule has 2 aliphatic rings. The third-order valence-electron chi connectivity index (χ3n) is 5.59. The number of hydrogen-bond donors (Lipinski definition) is 1. The molecule has 2 heterocycles. The van der Waals surface area contributed by atoms with Crippen LogP contribution in [-0.4, -0.2) is 75.7 Å². The molecule has 30 heavy (non-hydrogen) atoms. The number of imidazole rings is 1. The first-order valence-electron chi connectivity index (χ1n) is 10.5. The summed E-state index contributed by atoms with van der Waals surface area (Å²) in [7, 11) is 0. The Labute approximate surface area is 181 Å². The number of benzene rings is 1. The zero-order valence-corrected chi connectivity index (χ0v) is 18.5. The largest absolute Gasteiger partial charge is 0.352 e. The van der Waals surface area contributed by atoms with Gasteiger partial charge >= 0.3 is 0 Å². The zero-order chi connectivity index (χ0) is 21.1. The molecule has 1 aromatic heterocycles. The number of thioether (sulfide) groups is 1. The van der Waals surface area contributed by atoms with E-state index in [2.05, 4.69) is 51.8 Å². The smallest absolute Gasteiger partial charge is 0.234 e. The molecule has 1 aliphatic carbocycles. The van der Waals surface area contributed by atoms with Crippen LogP contribution in [0.2, 0.25) is 0 Å². The van der Waals surface area contributed by atoms with Gasteiger partial charge in [-0.05, 0) is 43.9 Å². The van der Waals surface area contributed by atoms with Crippen molar-refractivity contribution < 1.29 is 9.59 Å². The first-order valence-corrected chi connectivity index (χ1v) is 11.5. The fourth-order valence-corrected chi connectivity index (χ4v) is 4.50. The summed E-state index contributed by atoms with van der Waals surface area (Å²) in [5, 5.41) is 3.85. The molecule has 0 radical (unpaired) electrons. The number of carbonyl (C=O) groups excluding carboxylic acids is 2. The molecule has 0 bridgehead atoms. The minimum absolute atomic E-state index is 0.103. The van der Waals surface area contributed by atoms with Crippen molar-refractivity contribution >= 4 is 23.6 Å². The van der Waals surface area contributed by atoms with Crippen LogP contribution in [0.15, 0.2) is 35.7 Å². The average Bonchev–Trinajstić information content (AvgIpc) is 3.42. The predicted octanol–water partition coefficient (Wildman–Crippen LogP) is 2.00. The molecule has 1 saturated carbocycles. The van der Waals surface area contributed by atoms with Gasteiger partial charge in [0.1, 0.15) is 0 Å². The highest BCUT2D eigenvalue weighted by Gasteiger charge is 2.26. The maximum Gasteiger partial charge on any atom is 0.234 e. The Morgan fingerprint density at radius 2 is 1.93 bits per heavy atom. The van der Waals surface area contributed by atoms with Crippen molar-refractivity contribution in [1.82, 2.24) is 24.7 Å². The van der Waals surface area contributed by atoms with Crippen LogP contribution in [0.4, 0.5) is 0 Å². The van der Waals surface area contributed by atoms with Crippen molar-refractivity contribution in [2.75, 3.05) is 38.5 Å². The minimum atomic E-state index is 0.103. The van der Waals surface area contributed by atoms with Crippen LogP contribution in [-0.2, 0) is 9.59 Å². The lowest BCUT2D eigenvalue weighted by Gasteiger charge is -2.34. The van der Waals surface area contributed by atoms with Crippen LogP contribution in [0, 0.1) is 13.8 Å². The first-order chi connectivity index (χ1) is 14.5. The Kier molecular flexibility index (Phi) is 6.43. The molecule has 160 valence electrons. The van der Waals surface area contributed by atoms with Gasteiger partial charge in [-0.1, -0.05) is 23.9 Å². The van der Waals surface area contributed by atoms with Crippen molar-refractivity contribution in [3.05, 3.63) is 41.7 Å². The summed E-state index contributed by atoms with van der Waals surface area (Å²) in [5.41, 5.74) is 3.47. The third-order valence-corrected chi connectivity index (χ3v) is 6.54. The van der Waals surface area contributed by atoms with Gasteiger partial charge in [0.15, 0.2) is 5.16 Å². The first kappa shape index (κ1) is 20.9. The van der Waals surface area contributed by atoms with Crippen LogP contribution < -0.4 is 5.32 Å². The molecule has 0 atom stereocenters. The monoisotopic (exact) mass is 427 g/mol. The molecule has 2 amide bonds. The van der Waals surface area contributed by atoms with Crippen LogP contribution in [0.3, 0.4) is 0 Å². The molecule has 7 nitrogen and oxygen atoms in total. The number of nitrogens with one attached hydrogen (secondary N) is 1. The van der Waals surface area contributed by atoms with Gasteiger partial charge in [-0.15, -0.1) is 0 Å². The summed E-state index contributed by atoms with van der Waals surface area (Å²) in [6.07, 6.45) is 5.93. The molecular formula is C22H29N5O2S. The fourth-order valence-electron chi connectivity index (χ4n) is 3.64. The second-order valence-corrected chi connectivity index (χ2v) is 9.10. The van der Waals surface area contributed by atoms with E-state index in [9.17, 15) is 9.59 Å². The number of carbonyl (C=O) groups is 2. The van der Waals surface area contributed by atoms with Gasteiger partial charge in [0.05, 0.1) is 18.0 Å². The van der Waals surface area contributed by atoms with Gasteiger partial charge in [-0.25, -0.2) is 4.98 Å². The molecule has 8 heteroatoms. The number of piperazine rings is 1. The maximum absolute atomic E-state index is 12.7. The van der Waals surface area contributed by atoms with Gasteiger partial charge in [-0.3, -0.25) is 19.1 Å². The quantitative estimate of drug-likeness (QED) is 0.685. The van der Waals surface area contributed by atoms with E-state index in [0.29, 0.717) is 31.4 Å². The number of hydrogen-bond acceptors (Lipinski definition) is 5. The second-order valence-electron chi connectivity index (χ2n) is 8.16. The SMILES string of the molecule is Cc1ccc(C)c(-n2ccnc2SCC(=O)N2CCN(CC(=O)NC3CC3)CC2)c1. The minimum Gasteiger partial charge on any atom is -0.352 e. The molecule has 0 spiro atoms. The van der Waals surface area contributed by atoms with Crippen LogP contribution >= 0.6 is 11.8 Å². The highest BCUT2D eigenvalue weighted by molar-refractivity contribution is 7.99. The van der Waals surface area contributed by atoms with E-state index >= 15 is 0 Å². The predicted molar refractivity (Wildman–Crippen MR) is 118 cm³/mol. The highest BCUT2D eigenvalue weighted by atomic mass is 32.2. The zero-order valence-electron chi connectivity index (χ0n) is 17.6. The molecule has 1 N–H and O–H groups in total. The third kappa shape index (κ3) is 5.23. The maximum atomic E-state index is 12.7. The van der Waals surface area contributed by atoms with E-state index in [1.807, 2.05) is 11.1 Å². The molecule has 1 aromatic carbocycles. The molecule has 1 aliphatic heterocycles. The number of aromatic nitrogens is 2. The number of rotatable bonds is 7. The van der Waals surface area contributed by atoms with Crippen molar-refractivity contribution in [1.29, 1.82) is 0 Å². The lowest BCUT2D eigenvalue weighted by atomic mass is 10.1. The Hall–Kier alpha value is -2.32. The Balaban J connectivity index is 1.27. The lowest BCUT2D eigenvalue weighted by Crippen LogP contribution is -2.51. The van der Waals surface area contributed by atoms with Crippen LogP contribution in [0.1, 0.15) is 24.0 Å². The normalized spacial score (nSPS) is 17.2. The topological polar surface area (TPSA) is 70.5 Å². The van der Waals surface area contributed by atoms with Crippen molar-refractivity contribution in [3.8, 4) is 5.69 Å². The van der Waals surface area contributed by atoms with E-state index < -0.39 is 0 Å². The van der Waals surface area contributed by atoms with Crippen LogP contribution in [0.25, 0.3) is 5.69 Å². The summed E-state index contributed by atoms with van der Waals surface area (Å²) in [6.45, 7) is 7.41. The number of nitrogens with zero attached hydrogens (tertiary/aromatic N) is 4. The fraction of sp³-hybridized carbons (Fsp3) is 0.500. The second kappa shape index (κ2) is 9.22. The standard InChI is InChI=1S/C22H29N5O2S/c1-16-3-4-17(2)19(13-16)27-8-7-23-22(27)30-15-21(29)26-11-9-25(10-12-26)14-20(28)24-18-5-6-18/h3-4,7-8,13,18H,5-6,9-12,14-15H2,1-2H3,(H,24,28). The Morgan fingerprint density at radius 1 is 1.17 bits per heavy atom. The van der Waals surface area contributed by atoms with Gasteiger partial charge in [0.25, 0.3) is 0 Å². The van der Waals surface area contributed by atoms with Gasteiger partial charge in [0, 0.05) is 44.6 Å². The molecular weight excluding hydrogens is 398 g/mol. The Morgan fingerprint density at radius 3 is 2.67 bits per heavy atom. The van der Waals surface area contributed by atoms with E-state index in [1.54, 1.807) is 6.20 Å². The number of amides is 2. The average molecular weight is 428 g/mol. The van der Waals surface area contributed by atoms with Gasteiger partial charge in [0.2, 0.25) is 11.8 Å². The lowest BCUT2D eigenvalue weighted by molar-refractivity contribution is -0.130. The van der Waals surface area contributed by atoms with Crippen LogP contribution in [0.5, 0.6) is 0 Å². The highest BCUT2D eigenvalue weighted by Crippen LogP contribution is 2.24. The molecule has 1 saturated heterocycles. The molecule has 4 rings (SSSR count).